The lowest BCUT2D eigenvalue weighted by Crippen LogP contribution is -2.25. The van der Waals surface area contributed by atoms with Crippen LogP contribution < -0.4 is 10.1 Å². The van der Waals surface area contributed by atoms with Crippen LogP contribution in [0.3, 0.4) is 0 Å². The molecule has 0 atom stereocenters. The molecule has 0 saturated carbocycles. The third-order valence-corrected chi connectivity index (χ3v) is 6.84. The first kappa shape index (κ1) is 24.7. The van der Waals surface area contributed by atoms with Crippen molar-refractivity contribution < 1.29 is 23.1 Å². The van der Waals surface area contributed by atoms with E-state index in [1.54, 1.807) is 19.1 Å². The lowest BCUT2D eigenvalue weighted by molar-refractivity contribution is 0.0563. The van der Waals surface area contributed by atoms with Crippen molar-refractivity contribution in [1.29, 1.82) is 0 Å². The SMILES string of the molecule is COc1cnc(Cl)cc1-c1cc(C)ncc1C(=O)Nc1nc2c(s1)CN(C(=O)c1cnn(C(F)F)c1)C2. The molecule has 4 aromatic rings. The summed E-state index contributed by atoms with van der Waals surface area (Å²) in [6.45, 7) is -0.594. The van der Waals surface area contributed by atoms with Crippen LogP contribution in [-0.2, 0) is 13.1 Å². The molecule has 1 aliphatic rings. The predicted molar refractivity (Wildman–Crippen MR) is 131 cm³/mol. The summed E-state index contributed by atoms with van der Waals surface area (Å²) < 4.78 is 31.4. The van der Waals surface area contributed by atoms with Gasteiger partial charge in [-0.1, -0.05) is 22.9 Å². The van der Waals surface area contributed by atoms with Crippen LogP contribution in [0, 0.1) is 6.92 Å². The molecule has 190 valence electrons. The molecule has 0 bridgehead atoms. The van der Waals surface area contributed by atoms with E-state index in [4.69, 9.17) is 16.3 Å². The van der Waals surface area contributed by atoms with Gasteiger partial charge in [0, 0.05) is 29.2 Å². The van der Waals surface area contributed by atoms with Crippen molar-refractivity contribution in [2.75, 3.05) is 12.4 Å². The molecule has 5 heterocycles. The molecule has 2 amide bonds. The van der Waals surface area contributed by atoms with Gasteiger partial charge in [0.25, 0.3) is 11.8 Å². The fraction of sp³-hybridized carbons (Fsp3) is 0.217. The molecule has 14 heteroatoms. The number of rotatable bonds is 6. The van der Waals surface area contributed by atoms with Crippen molar-refractivity contribution in [1.82, 2.24) is 29.6 Å². The third-order valence-electron chi connectivity index (χ3n) is 5.64. The van der Waals surface area contributed by atoms with Crippen LogP contribution in [0.1, 0.15) is 43.5 Å². The highest BCUT2D eigenvalue weighted by atomic mass is 35.5. The number of aromatic nitrogens is 5. The van der Waals surface area contributed by atoms with Crippen molar-refractivity contribution in [3.05, 3.63) is 69.5 Å². The van der Waals surface area contributed by atoms with E-state index >= 15 is 0 Å². The first-order valence-corrected chi connectivity index (χ1v) is 12.0. The number of ether oxygens (including phenoxy) is 1. The Labute approximate surface area is 217 Å². The first-order chi connectivity index (χ1) is 17.7. The van der Waals surface area contributed by atoms with E-state index in [0.717, 1.165) is 17.3 Å². The van der Waals surface area contributed by atoms with Gasteiger partial charge in [-0.3, -0.25) is 19.9 Å². The summed E-state index contributed by atoms with van der Waals surface area (Å²) in [6, 6.07) is 3.37. The predicted octanol–water partition coefficient (Wildman–Crippen LogP) is 4.57. The van der Waals surface area contributed by atoms with Gasteiger partial charge >= 0.3 is 6.55 Å². The van der Waals surface area contributed by atoms with Gasteiger partial charge in [-0.2, -0.15) is 13.9 Å². The number of carbonyl (C=O) groups excluding carboxylic acids is 2. The van der Waals surface area contributed by atoms with Gasteiger partial charge in [-0.25, -0.2) is 14.6 Å². The summed E-state index contributed by atoms with van der Waals surface area (Å²) in [6.07, 6.45) is 5.07. The molecule has 0 fully saturated rings. The van der Waals surface area contributed by atoms with Crippen LogP contribution in [0.5, 0.6) is 5.75 Å². The van der Waals surface area contributed by atoms with Crippen LogP contribution in [-0.4, -0.2) is 48.6 Å². The summed E-state index contributed by atoms with van der Waals surface area (Å²) in [5.74, 6) is -0.415. The fourth-order valence-electron chi connectivity index (χ4n) is 3.89. The average Bonchev–Trinajstić information content (AvgIpc) is 3.59. The minimum absolute atomic E-state index is 0.0648. The number of pyridine rings is 2. The Morgan fingerprint density at radius 3 is 2.68 bits per heavy atom. The van der Waals surface area contributed by atoms with E-state index in [1.807, 2.05) is 0 Å². The van der Waals surface area contributed by atoms with E-state index in [2.05, 4.69) is 25.4 Å². The second-order valence-corrected chi connectivity index (χ2v) is 9.54. The molecule has 4 aromatic heterocycles. The topological polar surface area (TPSA) is 115 Å². The van der Waals surface area contributed by atoms with E-state index in [-0.39, 0.29) is 29.4 Å². The van der Waals surface area contributed by atoms with Crippen LogP contribution in [0.15, 0.2) is 36.9 Å². The highest BCUT2D eigenvalue weighted by Gasteiger charge is 2.29. The van der Waals surface area contributed by atoms with Gasteiger partial charge in [0.1, 0.15) is 10.9 Å². The highest BCUT2D eigenvalue weighted by molar-refractivity contribution is 7.16. The van der Waals surface area contributed by atoms with Crippen molar-refractivity contribution in [2.45, 2.75) is 26.6 Å². The maximum Gasteiger partial charge on any atom is 0.333 e. The highest BCUT2D eigenvalue weighted by Crippen LogP contribution is 2.35. The van der Waals surface area contributed by atoms with E-state index in [1.165, 1.54) is 35.7 Å². The van der Waals surface area contributed by atoms with Gasteiger partial charge in [-0.05, 0) is 19.1 Å². The van der Waals surface area contributed by atoms with Gasteiger partial charge in [0.05, 0.1) is 54.3 Å². The molecule has 0 aliphatic carbocycles. The lowest BCUT2D eigenvalue weighted by Gasteiger charge is -2.14. The number of anilines is 1. The number of fused-ring (bicyclic) bond motifs is 1. The van der Waals surface area contributed by atoms with Crippen LogP contribution in [0.2, 0.25) is 5.15 Å². The number of nitrogens with zero attached hydrogens (tertiary/aromatic N) is 6. The Kier molecular flexibility index (Phi) is 6.56. The van der Waals surface area contributed by atoms with E-state index in [0.29, 0.717) is 38.1 Å². The van der Waals surface area contributed by atoms with Crippen LogP contribution in [0.25, 0.3) is 11.1 Å². The molecule has 5 rings (SSSR count). The molecule has 1 N–H and O–H groups in total. The first-order valence-electron chi connectivity index (χ1n) is 10.8. The largest absolute Gasteiger partial charge is 0.494 e. The Morgan fingerprint density at radius 1 is 1.16 bits per heavy atom. The number of hydrogen-bond donors (Lipinski definition) is 1. The van der Waals surface area contributed by atoms with Crippen molar-refractivity contribution in [3.8, 4) is 16.9 Å². The van der Waals surface area contributed by atoms with Gasteiger partial charge in [-0.15, -0.1) is 0 Å². The zero-order chi connectivity index (χ0) is 26.3. The number of aryl methyl sites for hydroxylation is 1. The van der Waals surface area contributed by atoms with Gasteiger partial charge < -0.3 is 9.64 Å². The molecule has 0 saturated heterocycles. The normalized spacial score (nSPS) is 12.6. The van der Waals surface area contributed by atoms with Crippen molar-refractivity contribution >= 4 is 39.9 Å². The molecular formula is C23H18ClF2N7O3S. The fourth-order valence-corrected chi connectivity index (χ4v) is 5.03. The standard InChI is InChI=1S/C23H18ClF2N7O3S/c1-11-3-13(14-4-19(24)28-7-17(14)36-2)15(6-27-11)20(34)31-23-30-16-9-32(10-18(16)37-23)21(35)12-5-29-33(8-12)22(25)26/h3-8,22H,9-10H2,1-2H3,(H,30,31,34). The minimum atomic E-state index is -2.82. The number of methoxy groups -OCH3 is 1. The Bertz CT molecular complexity index is 1500. The van der Waals surface area contributed by atoms with Gasteiger partial charge in [0.2, 0.25) is 0 Å². The molecule has 0 radical (unpaired) electrons. The number of hydrogen-bond acceptors (Lipinski definition) is 8. The smallest absolute Gasteiger partial charge is 0.333 e. The number of alkyl halides is 2. The number of amides is 2. The summed E-state index contributed by atoms with van der Waals surface area (Å²) in [5.41, 5.74) is 2.82. The van der Waals surface area contributed by atoms with Gasteiger partial charge in [0.15, 0.2) is 5.13 Å². The number of nitrogens with one attached hydrogen (secondary N) is 1. The van der Waals surface area contributed by atoms with E-state index < -0.39 is 18.4 Å². The van der Waals surface area contributed by atoms with Crippen molar-refractivity contribution in [2.24, 2.45) is 0 Å². The van der Waals surface area contributed by atoms with E-state index in [9.17, 15) is 18.4 Å². The van der Waals surface area contributed by atoms with Crippen LogP contribution in [0.4, 0.5) is 13.9 Å². The Balaban J connectivity index is 1.34. The lowest BCUT2D eigenvalue weighted by atomic mass is 10.0. The summed E-state index contributed by atoms with van der Waals surface area (Å²) in [5, 5.41) is 6.91. The third kappa shape index (κ3) is 4.87. The zero-order valence-electron chi connectivity index (χ0n) is 19.4. The number of thiazole rings is 1. The molecule has 10 nitrogen and oxygen atoms in total. The zero-order valence-corrected chi connectivity index (χ0v) is 21.0. The molecule has 1 aliphatic heterocycles. The summed E-state index contributed by atoms with van der Waals surface area (Å²) in [7, 11) is 1.50. The number of carbonyl (C=O) groups is 2. The second-order valence-electron chi connectivity index (χ2n) is 8.07. The summed E-state index contributed by atoms with van der Waals surface area (Å²) in [4.78, 5) is 40.9. The molecular weight excluding hydrogens is 528 g/mol. The number of halogens is 3. The monoisotopic (exact) mass is 545 g/mol. The quantitative estimate of drug-likeness (QED) is 0.353. The molecule has 0 aromatic carbocycles. The Hall–Kier alpha value is -3.97. The maximum atomic E-state index is 13.2. The molecule has 37 heavy (non-hydrogen) atoms. The second kappa shape index (κ2) is 9.82. The van der Waals surface area contributed by atoms with Crippen LogP contribution >= 0.6 is 22.9 Å². The summed E-state index contributed by atoms with van der Waals surface area (Å²) >= 11 is 7.33. The average molecular weight is 546 g/mol. The molecule has 0 spiro atoms. The minimum Gasteiger partial charge on any atom is -0.494 e. The Morgan fingerprint density at radius 2 is 1.97 bits per heavy atom. The van der Waals surface area contributed by atoms with Crippen molar-refractivity contribution in [3.63, 3.8) is 0 Å². The molecule has 0 unspecified atom stereocenters. The maximum absolute atomic E-state index is 13.2.